The van der Waals surface area contributed by atoms with Crippen molar-refractivity contribution in [2.75, 3.05) is 6.54 Å². The minimum absolute atomic E-state index is 0.0367. The number of carbonyl (C=O) groups is 2. The quantitative estimate of drug-likeness (QED) is 0.748. The van der Waals surface area contributed by atoms with Crippen LogP contribution < -0.4 is 10.6 Å². The molecule has 0 aromatic heterocycles. The van der Waals surface area contributed by atoms with Crippen molar-refractivity contribution in [1.82, 2.24) is 10.6 Å². The van der Waals surface area contributed by atoms with Gasteiger partial charge < -0.3 is 10.6 Å². The van der Waals surface area contributed by atoms with Crippen molar-refractivity contribution >= 4 is 11.8 Å². The summed E-state index contributed by atoms with van der Waals surface area (Å²) in [5.74, 6) is 0.893. The highest BCUT2D eigenvalue weighted by molar-refractivity contribution is 5.94. The minimum atomic E-state index is -0.882. The summed E-state index contributed by atoms with van der Waals surface area (Å²) in [6, 6.07) is 3.19. The Morgan fingerprint density at radius 2 is 1.67 bits per heavy atom. The second kappa shape index (κ2) is 7.56. The third-order valence-corrected chi connectivity index (χ3v) is 6.60. The summed E-state index contributed by atoms with van der Waals surface area (Å²) in [7, 11) is 0. The van der Waals surface area contributed by atoms with Crippen LogP contribution in [-0.4, -0.2) is 24.4 Å². The molecule has 0 spiro atoms. The number of nitrogens with one attached hydrogen (secondary N) is 2. The van der Waals surface area contributed by atoms with Gasteiger partial charge in [-0.05, 0) is 74.3 Å². The molecule has 4 fully saturated rings. The van der Waals surface area contributed by atoms with E-state index in [-0.39, 0.29) is 18.0 Å². The minimum Gasteiger partial charge on any atom is -0.353 e. The molecule has 4 nitrogen and oxygen atoms in total. The van der Waals surface area contributed by atoms with E-state index in [4.69, 9.17) is 0 Å². The zero-order valence-electron chi connectivity index (χ0n) is 15.3. The molecule has 0 heterocycles. The van der Waals surface area contributed by atoms with E-state index in [0.717, 1.165) is 24.0 Å². The van der Waals surface area contributed by atoms with Crippen LogP contribution in [0, 0.1) is 35.3 Å². The van der Waals surface area contributed by atoms with Gasteiger partial charge in [-0.3, -0.25) is 9.59 Å². The molecule has 146 valence electrons. The van der Waals surface area contributed by atoms with Gasteiger partial charge in [0, 0.05) is 25.1 Å². The van der Waals surface area contributed by atoms with Gasteiger partial charge in [0.15, 0.2) is 0 Å². The first-order chi connectivity index (χ1) is 13.0. The van der Waals surface area contributed by atoms with Crippen LogP contribution >= 0.6 is 0 Å². The Morgan fingerprint density at radius 1 is 1.00 bits per heavy atom. The molecule has 1 aromatic rings. The van der Waals surface area contributed by atoms with Crippen LogP contribution in [0.4, 0.5) is 8.78 Å². The second-order valence-electron chi connectivity index (χ2n) is 8.51. The van der Waals surface area contributed by atoms with Crippen molar-refractivity contribution in [2.45, 2.75) is 51.0 Å². The van der Waals surface area contributed by atoms with Crippen LogP contribution in [-0.2, 0) is 4.79 Å². The predicted octanol–water partition coefficient (Wildman–Crippen LogP) is 3.42. The van der Waals surface area contributed by atoms with Gasteiger partial charge in [0.2, 0.25) is 5.91 Å². The van der Waals surface area contributed by atoms with Crippen LogP contribution in [0.2, 0.25) is 0 Å². The number of carbonyl (C=O) groups excluding carboxylic acids is 2. The first-order valence-corrected chi connectivity index (χ1v) is 10.0. The number of hydrogen-bond donors (Lipinski definition) is 2. The molecule has 2 N–H and O–H groups in total. The fourth-order valence-electron chi connectivity index (χ4n) is 5.64. The summed E-state index contributed by atoms with van der Waals surface area (Å²) < 4.78 is 26.5. The molecular weight excluding hydrogens is 350 g/mol. The maximum absolute atomic E-state index is 13.6. The molecule has 4 saturated carbocycles. The van der Waals surface area contributed by atoms with Gasteiger partial charge >= 0.3 is 0 Å². The van der Waals surface area contributed by atoms with E-state index in [0.29, 0.717) is 36.8 Å². The maximum Gasteiger partial charge on any atom is 0.254 e. The maximum atomic E-state index is 13.6. The van der Waals surface area contributed by atoms with E-state index in [1.807, 2.05) is 0 Å². The van der Waals surface area contributed by atoms with E-state index in [9.17, 15) is 18.4 Å². The van der Waals surface area contributed by atoms with E-state index in [1.165, 1.54) is 32.1 Å². The van der Waals surface area contributed by atoms with Gasteiger partial charge in [-0.2, -0.15) is 0 Å². The lowest BCUT2D eigenvalue weighted by Gasteiger charge is -2.54. The summed E-state index contributed by atoms with van der Waals surface area (Å²) in [6.07, 6.45) is 7.27. The number of halogens is 2. The number of rotatable bonds is 6. The third-order valence-electron chi connectivity index (χ3n) is 6.60. The Bertz CT molecular complexity index is 709. The molecule has 5 rings (SSSR count). The summed E-state index contributed by atoms with van der Waals surface area (Å²) >= 11 is 0. The molecule has 0 aliphatic heterocycles. The molecule has 27 heavy (non-hydrogen) atoms. The molecule has 0 saturated heterocycles. The van der Waals surface area contributed by atoms with Crippen LogP contribution in [0.25, 0.3) is 0 Å². The zero-order valence-corrected chi connectivity index (χ0v) is 15.3. The van der Waals surface area contributed by atoms with Crippen molar-refractivity contribution in [2.24, 2.45) is 23.7 Å². The van der Waals surface area contributed by atoms with Crippen LogP contribution in [0.1, 0.15) is 55.3 Å². The van der Waals surface area contributed by atoms with Crippen LogP contribution in [0.5, 0.6) is 0 Å². The van der Waals surface area contributed by atoms with Gasteiger partial charge in [-0.1, -0.05) is 0 Å². The summed E-state index contributed by atoms with van der Waals surface area (Å²) in [4.78, 5) is 24.2. The molecule has 4 bridgehead atoms. The smallest absolute Gasteiger partial charge is 0.254 e. The van der Waals surface area contributed by atoms with Gasteiger partial charge in [-0.25, -0.2) is 8.78 Å². The first kappa shape index (κ1) is 18.4. The standard InChI is InChI=1S/C21H26F2N2O2/c22-16-3-4-17(18(23)11-16)21(27)24-5-1-2-19(26)25-20-14-7-12-6-13(9-14)10-15(20)8-12/h3-4,11-15,20H,1-2,5-10H2,(H,24,27)(H,25,26). The normalized spacial score (nSPS) is 31.0. The second-order valence-corrected chi connectivity index (χ2v) is 8.51. The first-order valence-electron chi connectivity index (χ1n) is 10.0. The van der Waals surface area contributed by atoms with Crippen molar-refractivity contribution in [3.8, 4) is 0 Å². The van der Waals surface area contributed by atoms with E-state index in [2.05, 4.69) is 10.6 Å². The summed E-state index contributed by atoms with van der Waals surface area (Å²) in [5.41, 5.74) is -0.186. The Morgan fingerprint density at radius 3 is 2.30 bits per heavy atom. The fraction of sp³-hybridized carbons (Fsp3) is 0.619. The zero-order chi connectivity index (χ0) is 19.0. The summed E-state index contributed by atoms with van der Waals surface area (Å²) in [5, 5.41) is 5.83. The summed E-state index contributed by atoms with van der Waals surface area (Å²) in [6.45, 7) is 0.282. The van der Waals surface area contributed by atoms with Crippen molar-refractivity contribution in [3.63, 3.8) is 0 Å². The molecule has 1 aromatic carbocycles. The van der Waals surface area contributed by atoms with Crippen molar-refractivity contribution < 1.29 is 18.4 Å². The average Bonchev–Trinajstić information content (AvgIpc) is 2.61. The van der Waals surface area contributed by atoms with Gasteiger partial charge in [0.25, 0.3) is 5.91 Å². The number of benzene rings is 1. The van der Waals surface area contributed by atoms with Crippen LogP contribution in [0.3, 0.4) is 0 Å². The fourth-order valence-corrected chi connectivity index (χ4v) is 5.64. The predicted molar refractivity (Wildman–Crippen MR) is 96.9 cm³/mol. The molecule has 0 unspecified atom stereocenters. The van der Waals surface area contributed by atoms with E-state index < -0.39 is 17.5 Å². The van der Waals surface area contributed by atoms with E-state index in [1.54, 1.807) is 0 Å². The van der Waals surface area contributed by atoms with Crippen molar-refractivity contribution in [1.29, 1.82) is 0 Å². The van der Waals surface area contributed by atoms with E-state index >= 15 is 0 Å². The largest absolute Gasteiger partial charge is 0.353 e. The Hall–Kier alpha value is -1.98. The Balaban J connectivity index is 1.19. The third kappa shape index (κ3) is 3.99. The SMILES string of the molecule is O=C(CCCNC(=O)c1ccc(F)cc1F)NC1C2CC3CC(C2)CC1C3. The highest BCUT2D eigenvalue weighted by Crippen LogP contribution is 2.53. The molecule has 0 radical (unpaired) electrons. The highest BCUT2D eigenvalue weighted by Gasteiger charge is 2.48. The lowest BCUT2D eigenvalue weighted by molar-refractivity contribution is -0.125. The number of amides is 2. The lowest BCUT2D eigenvalue weighted by atomic mass is 9.54. The monoisotopic (exact) mass is 376 g/mol. The highest BCUT2D eigenvalue weighted by atomic mass is 19.1. The van der Waals surface area contributed by atoms with Crippen molar-refractivity contribution in [3.05, 3.63) is 35.4 Å². The molecular formula is C21H26F2N2O2. The molecule has 4 aliphatic carbocycles. The molecule has 2 amide bonds. The lowest BCUT2D eigenvalue weighted by Crippen LogP contribution is -2.55. The molecule has 4 aliphatic rings. The average molecular weight is 376 g/mol. The Kier molecular flexibility index (Phi) is 5.15. The van der Waals surface area contributed by atoms with Gasteiger partial charge in [0.1, 0.15) is 11.6 Å². The molecule has 0 atom stereocenters. The topological polar surface area (TPSA) is 58.2 Å². The number of hydrogen-bond acceptors (Lipinski definition) is 2. The van der Waals surface area contributed by atoms with Crippen LogP contribution in [0.15, 0.2) is 18.2 Å². The molecule has 6 heteroatoms. The Labute approximate surface area is 158 Å². The van der Waals surface area contributed by atoms with Gasteiger partial charge in [0.05, 0.1) is 5.56 Å². The van der Waals surface area contributed by atoms with Gasteiger partial charge in [-0.15, -0.1) is 0 Å².